The quantitative estimate of drug-likeness (QED) is 0.821. The third kappa shape index (κ3) is 1.93. The molecule has 0 atom stereocenters. The van der Waals surface area contributed by atoms with Gasteiger partial charge in [0.2, 0.25) is 0 Å². The maximum absolute atomic E-state index is 12.0. The highest BCUT2D eigenvalue weighted by Gasteiger charge is 2.20. The lowest BCUT2D eigenvalue weighted by molar-refractivity contribution is 0.0519. The molecule has 1 N–H and O–H groups in total. The van der Waals surface area contributed by atoms with Crippen molar-refractivity contribution in [1.82, 2.24) is 14.6 Å². The van der Waals surface area contributed by atoms with Crippen LogP contribution in [0, 0.1) is 0 Å². The molecule has 2 heterocycles. The van der Waals surface area contributed by atoms with Gasteiger partial charge in [-0.3, -0.25) is 4.79 Å². The number of carbonyl (C=O) groups excluding carboxylic acids is 1. The van der Waals surface area contributed by atoms with Gasteiger partial charge in [0.15, 0.2) is 5.69 Å². The van der Waals surface area contributed by atoms with Gasteiger partial charge in [-0.2, -0.15) is 5.10 Å². The molecule has 0 unspecified atom stereocenters. The van der Waals surface area contributed by atoms with Gasteiger partial charge < -0.3 is 9.72 Å². The minimum Gasteiger partial charge on any atom is -0.461 e. The molecular weight excluding hydrogens is 246 g/mol. The molecule has 0 saturated carbocycles. The number of aromatic amines is 1. The van der Waals surface area contributed by atoms with Crippen molar-refractivity contribution in [2.75, 3.05) is 6.61 Å². The Labute approximate surface area is 109 Å². The lowest BCUT2D eigenvalue weighted by atomic mass is 9.97. The number of esters is 1. The van der Waals surface area contributed by atoms with Crippen LogP contribution in [-0.4, -0.2) is 27.2 Å². The van der Waals surface area contributed by atoms with Crippen LogP contribution in [0.1, 0.15) is 41.5 Å². The van der Waals surface area contributed by atoms with E-state index in [2.05, 4.69) is 10.1 Å². The van der Waals surface area contributed by atoms with Gasteiger partial charge in [-0.05, 0) is 32.6 Å². The van der Waals surface area contributed by atoms with Crippen molar-refractivity contribution in [3.63, 3.8) is 0 Å². The van der Waals surface area contributed by atoms with Crippen LogP contribution in [0.4, 0.5) is 0 Å². The van der Waals surface area contributed by atoms with Gasteiger partial charge in [-0.15, -0.1) is 0 Å². The number of aromatic nitrogens is 3. The summed E-state index contributed by atoms with van der Waals surface area (Å²) in [7, 11) is 0. The number of hydrogen-bond acceptors (Lipinski definition) is 4. The largest absolute Gasteiger partial charge is 0.461 e. The molecule has 100 valence electrons. The summed E-state index contributed by atoms with van der Waals surface area (Å²) in [4.78, 5) is 26.4. The molecule has 1 aliphatic carbocycles. The van der Waals surface area contributed by atoms with Crippen LogP contribution in [0.3, 0.4) is 0 Å². The Morgan fingerprint density at radius 2 is 2.26 bits per heavy atom. The molecule has 0 amide bonds. The maximum atomic E-state index is 12.0. The molecule has 6 heteroatoms. The first kappa shape index (κ1) is 12.0. The summed E-state index contributed by atoms with van der Waals surface area (Å²) >= 11 is 0. The molecule has 0 aliphatic heterocycles. The summed E-state index contributed by atoms with van der Waals surface area (Å²) in [5.41, 5.74) is 2.42. The summed E-state index contributed by atoms with van der Waals surface area (Å²) in [5.74, 6) is -0.461. The summed E-state index contributed by atoms with van der Waals surface area (Å²) in [6, 6.07) is 1.56. The van der Waals surface area contributed by atoms with E-state index in [-0.39, 0.29) is 11.3 Å². The molecule has 6 nitrogen and oxygen atoms in total. The van der Waals surface area contributed by atoms with Crippen LogP contribution in [-0.2, 0) is 17.6 Å². The predicted octanol–water partition coefficient (Wildman–Crippen LogP) is 1.08. The average molecular weight is 261 g/mol. The Hall–Kier alpha value is -2.11. The van der Waals surface area contributed by atoms with Crippen LogP contribution in [0.25, 0.3) is 5.65 Å². The number of ether oxygens (including phenoxy) is 1. The minimum atomic E-state index is -0.461. The van der Waals surface area contributed by atoms with Gasteiger partial charge >= 0.3 is 5.97 Å². The van der Waals surface area contributed by atoms with Crippen LogP contribution in [0.2, 0.25) is 0 Å². The summed E-state index contributed by atoms with van der Waals surface area (Å²) in [6.45, 7) is 2.05. The Kier molecular flexibility index (Phi) is 2.85. The van der Waals surface area contributed by atoms with Gasteiger partial charge in [0.05, 0.1) is 12.3 Å². The van der Waals surface area contributed by atoms with Gasteiger partial charge in [-0.1, -0.05) is 0 Å². The second kappa shape index (κ2) is 4.53. The highest BCUT2D eigenvalue weighted by Crippen LogP contribution is 2.19. The molecule has 2 aromatic heterocycles. The fraction of sp³-hybridized carbons (Fsp3) is 0.462. The first-order valence-electron chi connectivity index (χ1n) is 6.51. The molecule has 0 spiro atoms. The van der Waals surface area contributed by atoms with Crippen LogP contribution >= 0.6 is 0 Å². The van der Waals surface area contributed by atoms with Crippen molar-refractivity contribution in [3.05, 3.63) is 33.4 Å². The number of rotatable bonds is 2. The first-order valence-corrected chi connectivity index (χ1v) is 6.51. The number of fused-ring (bicyclic) bond motifs is 3. The SMILES string of the molecule is CCOC(=O)c1cc2[nH]c(=O)c3c(n2n1)CCCC3. The van der Waals surface area contributed by atoms with E-state index in [0.29, 0.717) is 12.3 Å². The summed E-state index contributed by atoms with van der Waals surface area (Å²) in [5, 5.41) is 4.26. The molecular formula is C13H15N3O3. The van der Waals surface area contributed by atoms with Crippen molar-refractivity contribution >= 4 is 11.6 Å². The summed E-state index contributed by atoms with van der Waals surface area (Å²) in [6.07, 6.45) is 3.66. The molecule has 0 saturated heterocycles. The topological polar surface area (TPSA) is 76.5 Å². The van der Waals surface area contributed by atoms with E-state index in [0.717, 1.165) is 36.9 Å². The fourth-order valence-electron chi connectivity index (χ4n) is 2.54. The molecule has 2 aromatic rings. The number of nitrogens with one attached hydrogen (secondary N) is 1. The number of H-pyrrole nitrogens is 1. The van der Waals surface area contributed by atoms with Gasteiger partial charge in [0, 0.05) is 11.6 Å². The Bertz CT molecular complexity index is 699. The molecule has 0 aromatic carbocycles. The van der Waals surface area contributed by atoms with E-state index in [1.807, 2.05) is 0 Å². The molecule has 1 aliphatic rings. The Balaban J connectivity index is 2.17. The van der Waals surface area contributed by atoms with E-state index in [4.69, 9.17) is 4.74 Å². The Morgan fingerprint density at radius 3 is 3.05 bits per heavy atom. The maximum Gasteiger partial charge on any atom is 0.358 e. The molecule has 19 heavy (non-hydrogen) atoms. The first-order chi connectivity index (χ1) is 9.20. The van der Waals surface area contributed by atoms with Crippen LogP contribution < -0.4 is 5.56 Å². The third-order valence-corrected chi connectivity index (χ3v) is 3.40. The number of nitrogens with zero attached hydrogens (tertiary/aromatic N) is 2. The van der Waals surface area contributed by atoms with Crippen molar-refractivity contribution in [2.45, 2.75) is 32.6 Å². The van der Waals surface area contributed by atoms with E-state index in [1.54, 1.807) is 17.5 Å². The minimum absolute atomic E-state index is 0.0718. The fourth-order valence-corrected chi connectivity index (χ4v) is 2.54. The smallest absolute Gasteiger partial charge is 0.358 e. The van der Waals surface area contributed by atoms with Crippen LogP contribution in [0.5, 0.6) is 0 Å². The van der Waals surface area contributed by atoms with E-state index in [9.17, 15) is 9.59 Å². The standard InChI is InChI=1S/C13H15N3O3/c1-2-19-13(18)9-7-11-14-12(17)8-5-3-4-6-10(8)16(11)15-9/h7H,2-6H2,1H3,(H,14,17). The van der Waals surface area contributed by atoms with Gasteiger partial charge in [-0.25, -0.2) is 9.31 Å². The van der Waals surface area contributed by atoms with E-state index < -0.39 is 5.97 Å². The highest BCUT2D eigenvalue weighted by atomic mass is 16.5. The van der Waals surface area contributed by atoms with Crippen molar-refractivity contribution in [1.29, 1.82) is 0 Å². The average Bonchev–Trinajstić information content (AvgIpc) is 2.83. The second-order valence-corrected chi connectivity index (χ2v) is 4.63. The normalized spacial score (nSPS) is 14.4. The van der Waals surface area contributed by atoms with Crippen LogP contribution in [0.15, 0.2) is 10.9 Å². The van der Waals surface area contributed by atoms with Crippen molar-refractivity contribution < 1.29 is 9.53 Å². The zero-order chi connectivity index (χ0) is 13.4. The molecule has 3 rings (SSSR count). The van der Waals surface area contributed by atoms with Crippen molar-refractivity contribution in [3.8, 4) is 0 Å². The van der Waals surface area contributed by atoms with Crippen molar-refractivity contribution in [2.24, 2.45) is 0 Å². The van der Waals surface area contributed by atoms with E-state index in [1.165, 1.54) is 0 Å². The Morgan fingerprint density at radius 1 is 1.47 bits per heavy atom. The van der Waals surface area contributed by atoms with Gasteiger partial charge in [0.1, 0.15) is 5.65 Å². The molecule has 0 radical (unpaired) electrons. The third-order valence-electron chi connectivity index (χ3n) is 3.40. The number of carbonyl (C=O) groups is 1. The lowest BCUT2D eigenvalue weighted by Gasteiger charge is -2.15. The van der Waals surface area contributed by atoms with Gasteiger partial charge in [0.25, 0.3) is 5.56 Å². The second-order valence-electron chi connectivity index (χ2n) is 4.63. The lowest BCUT2D eigenvalue weighted by Crippen LogP contribution is -2.22. The monoisotopic (exact) mass is 261 g/mol. The predicted molar refractivity (Wildman–Crippen MR) is 68.4 cm³/mol. The zero-order valence-electron chi connectivity index (χ0n) is 10.7. The number of hydrogen-bond donors (Lipinski definition) is 1. The number of aryl methyl sites for hydroxylation is 1. The summed E-state index contributed by atoms with van der Waals surface area (Å²) < 4.78 is 6.59. The van der Waals surface area contributed by atoms with E-state index >= 15 is 0 Å². The molecule has 0 bridgehead atoms. The molecule has 0 fully saturated rings. The highest BCUT2D eigenvalue weighted by molar-refractivity contribution is 5.88. The zero-order valence-corrected chi connectivity index (χ0v) is 10.7.